The van der Waals surface area contributed by atoms with Gasteiger partial charge < -0.3 is 19.7 Å². The predicted octanol–water partition coefficient (Wildman–Crippen LogP) is 11.6. The van der Waals surface area contributed by atoms with Gasteiger partial charge in [-0.05, 0) is 52.0 Å². The van der Waals surface area contributed by atoms with Crippen LogP contribution in [0.1, 0.15) is 181 Å². The highest BCUT2D eigenvalue weighted by Gasteiger charge is 2.26. The zero-order valence-corrected chi connectivity index (χ0v) is 34.4. The first-order valence-electron chi connectivity index (χ1n) is 20.9. The van der Waals surface area contributed by atoms with Gasteiger partial charge in [0.05, 0.1) is 13.2 Å². The number of nitrogens with one attached hydrogen (secondary N) is 1. The zero-order chi connectivity index (χ0) is 38.2. The number of phosphoric acid groups is 1. The molecule has 2 unspecified atom stereocenters. The van der Waals surface area contributed by atoms with E-state index in [2.05, 4.69) is 55.6 Å². The summed E-state index contributed by atoms with van der Waals surface area (Å²) in [6, 6.07) is 0. The summed E-state index contributed by atoms with van der Waals surface area (Å²) in [5, 5.41) is 2.82. The summed E-state index contributed by atoms with van der Waals surface area (Å²) in [5.74, 6) is -0.823. The largest absolute Gasteiger partial charge is 0.472 e. The predicted molar refractivity (Wildman–Crippen MR) is 215 cm³/mol. The molecule has 2 N–H and O–H groups in total. The molecular formula is C42H78NO8P. The summed E-state index contributed by atoms with van der Waals surface area (Å²) in [6.07, 6.45) is 40.4. The van der Waals surface area contributed by atoms with E-state index in [9.17, 15) is 19.0 Å². The van der Waals surface area contributed by atoms with Gasteiger partial charge in [-0.15, -0.1) is 0 Å². The van der Waals surface area contributed by atoms with Crippen LogP contribution in [0.2, 0.25) is 0 Å². The first kappa shape index (κ1) is 50.2. The number of phosphoric ester groups is 1. The van der Waals surface area contributed by atoms with E-state index in [-0.39, 0.29) is 32.0 Å². The van der Waals surface area contributed by atoms with Crippen molar-refractivity contribution in [1.29, 1.82) is 0 Å². The topological polar surface area (TPSA) is 120 Å². The van der Waals surface area contributed by atoms with Crippen molar-refractivity contribution in [3.05, 3.63) is 36.5 Å². The van der Waals surface area contributed by atoms with Crippen molar-refractivity contribution >= 4 is 19.8 Å². The van der Waals surface area contributed by atoms with Gasteiger partial charge in [0, 0.05) is 19.4 Å². The fraction of sp³-hybridized carbons (Fsp3) is 0.810. The van der Waals surface area contributed by atoms with Gasteiger partial charge in [-0.25, -0.2) is 4.57 Å². The van der Waals surface area contributed by atoms with Gasteiger partial charge in [0.25, 0.3) is 0 Å². The average Bonchev–Trinajstić information content (AvgIpc) is 3.12. The highest BCUT2D eigenvalue weighted by atomic mass is 31.2. The fourth-order valence-electron chi connectivity index (χ4n) is 5.63. The molecule has 0 aromatic rings. The number of likely N-dealkylation sites (N-methyl/N-ethyl adjacent to an activating group) is 1. The highest BCUT2D eigenvalue weighted by Crippen LogP contribution is 2.43. The Morgan fingerprint density at radius 3 is 1.63 bits per heavy atom. The van der Waals surface area contributed by atoms with E-state index in [0.29, 0.717) is 13.0 Å². The van der Waals surface area contributed by atoms with Crippen LogP contribution < -0.4 is 5.32 Å². The van der Waals surface area contributed by atoms with Crippen molar-refractivity contribution in [2.24, 2.45) is 0 Å². The Bertz CT molecular complexity index is 954. The van der Waals surface area contributed by atoms with E-state index in [1.54, 1.807) is 7.05 Å². The fourth-order valence-corrected chi connectivity index (χ4v) is 6.38. The standard InChI is InChI=1S/C42H78NO8P/c1-4-6-8-10-12-14-16-18-20-22-24-26-28-30-32-34-41(44)48-38-40(39-50-52(46,47)49-37-36-43-3)51-42(45)35-33-31-29-27-25-23-21-19-17-15-13-11-9-7-5-2/h6,8,12,14,18,20,40,43H,4-5,7,9-11,13,15-17,19,21-39H2,1-3H3,(H,46,47)/b8-6-,14-12-,20-18-. The first-order chi connectivity index (χ1) is 25.3. The van der Waals surface area contributed by atoms with Crippen molar-refractivity contribution in [3.8, 4) is 0 Å². The molecule has 52 heavy (non-hydrogen) atoms. The second kappa shape index (κ2) is 38.9. The van der Waals surface area contributed by atoms with Crippen molar-refractivity contribution in [1.82, 2.24) is 5.32 Å². The molecule has 0 saturated heterocycles. The second-order valence-electron chi connectivity index (χ2n) is 13.8. The lowest BCUT2D eigenvalue weighted by Gasteiger charge is -2.20. The number of rotatable bonds is 39. The molecule has 0 aliphatic rings. The molecule has 0 spiro atoms. The number of carbonyl (C=O) groups excluding carboxylic acids is 2. The number of unbranched alkanes of at least 4 members (excludes halogenated alkanes) is 19. The molecule has 0 aromatic heterocycles. The number of ether oxygens (including phenoxy) is 2. The van der Waals surface area contributed by atoms with Gasteiger partial charge in [0.15, 0.2) is 6.10 Å². The number of esters is 2. The van der Waals surface area contributed by atoms with Crippen LogP contribution in [0.25, 0.3) is 0 Å². The molecular weight excluding hydrogens is 677 g/mol. The lowest BCUT2D eigenvalue weighted by Crippen LogP contribution is -2.29. The summed E-state index contributed by atoms with van der Waals surface area (Å²) in [7, 11) is -2.65. The maximum Gasteiger partial charge on any atom is 0.472 e. The molecule has 2 atom stereocenters. The highest BCUT2D eigenvalue weighted by molar-refractivity contribution is 7.47. The van der Waals surface area contributed by atoms with Crippen LogP contribution >= 0.6 is 7.82 Å². The number of allylic oxidation sites excluding steroid dienone is 6. The van der Waals surface area contributed by atoms with Gasteiger partial charge in [0.2, 0.25) is 0 Å². The SMILES string of the molecule is CC/C=C\C/C=C\C/C=C\CCCCCCCC(=O)OCC(COP(=O)(O)OCCNC)OC(=O)CCCCCCCCCCCCCCCCC. The summed E-state index contributed by atoms with van der Waals surface area (Å²) < 4.78 is 33.1. The molecule has 0 aromatic carbocycles. The minimum atomic E-state index is -4.35. The maximum atomic E-state index is 12.6. The third-order valence-electron chi connectivity index (χ3n) is 8.77. The Hall–Kier alpha value is -1.77. The molecule has 0 bridgehead atoms. The Balaban J connectivity index is 4.25. The quantitative estimate of drug-likeness (QED) is 0.0273. The molecule has 10 heteroatoms. The number of carbonyl (C=O) groups is 2. The molecule has 0 saturated carbocycles. The normalized spacial score (nSPS) is 13.7. The van der Waals surface area contributed by atoms with Gasteiger partial charge >= 0.3 is 19.8 Å². The van der Waals surface area contributed by atoms with E-state index in [1.807, 2.05) is 0 Å². The molecule has 9 nitrogen and oxygen atoms in total. The van der Waals surface area contributed by atoms with Crippen LogP contribution in [0.5, 0.6) is 0 Å². The van der Waals surface area contributed by atoms with Crippen molar-refractivity contribution in [3.63, 3.8) is 0 Å². The zero-order valence-electron chi connectivity index (χ0n) is 33.5. The van der Waals surface area contributed by atoms with Crippen LogP contribution in [0.3, 0.4) is 0 Å². The average molecular weight is 756 g/mol. The summed E-state index contributed by atoms with van der Waals surface area (Å²) in [5.41, 5.74) is 0. The van der Waals surface area contributed by atoms with Crippen LogP contribution in [0, 0.1) is 0 Å². The summed E-state index contributed by atoms with van der Waals surface area (Å²) in [4.78, 5) is 35.0. The summed E-state index contributed by atoms with van der Waals surface area (Å²) >= 11 is 0. The first-order valence-corrected chi connectivity index (χ1v) is 22.4. The molecule has 0 radical (unpaired) electrons. The van der Waals surface area contributed by atoms with E-state index in [4.69, 9.17) is 18.5 Å². The van der Waals surface area contributed by atoms with Crippen LogP contribution in [-0.2, 0) is 32.7 Å². The Morgan fingerprint density at radius 1 is 0.615 bits per heavy atom. The monoisotopic (exact) mass is 756 g/mol. The van der Waals surface area contributed by atoms with Crippen LogP contribution in [-0.4, -0.2) is 56.3 Å². The Kier molecular flexibility index (Phi) is 37.6. The lowest BCUT2D eigenvalue weighted by molar-refractivity contribution is -0.161. The van der Waals surface area contributed by atoms with Crippen LogP contribution in [0.15, 0.2) is 36.5 Å². The van der Waals surface area contributed by atoms with E-state index < -0.39 is 26.5 Å². The molecule has 304 valence electrons. The minimum Gasteiger partial charge on any atom is -0.462 e. The molecule has 0 rings (SSSR count). The van der Waals surface area contributed by atoms with Crippen molar-refractivity contribution in [2.75, 3.05) is 33.4 Å². The van der Waals surface area contributed by atoms with Gasteiger partial charge in [0.1, 0.15) is 6.61 Å². The van der Waals surface area contributed by atoms with Crippen molar-refractivity contribution < 1.29 is 37.6 Å². The Morgan fingerprint density at radius 2 is 1.10 bits per heavy atom. The van der Waals surface area contributed by atoms with Gasteiger partial charge in [-0.3, -0.25) is 18.6 Å². The molecule has 0 fully saturated rings. The third kappa shape index (κ3) is 38.0. The van der Waals surface area contributed by atoms with Gasteiger partial charge in [-0.2, -0.15) is 0 Å². The molecule has 0 heterocycles. The minimum absolute atomic E-state index is 0.0192. The number of hydrogen-bond acceptors (Lipinski definition) is 8. The van der Waals surface area contributed by atoms with Crippen molar-refractivity contribution in [2.45, 2.75) is 187 Å². The van der Waals surface area contributed by atoms with Gasteiger partial charge in [-0.1, -0.05) is 159 Å². The Labute approximate surface area is 318 Å². The van der Waals surface area contributed by atoms with E-state index in [1.165, 1.54) is 77.0 Å². The third-order valence-corrected chi connectivity index (χ3v) is 9.76. The second-order valence-corrected chi connectivity index (χ2v) is 15.2. The summed E-state index contributed by atoms with van der Waals surface area (Å²) in [6.45, 7) is 4.10. The molecule has 0 aliphatic heterocycles. The maximum absolute atomic E-state index is 12.6. The number of hydrogen-bond donors (Lipinski definition) is 2. The van der Waals surface area contributed by atoms with Crippen LogP contribution in [0.4, 0.5) is 0 Å². The lowest BCUT2D eigenvalue weighted by atomic mass is 10.0. The molecule has 0 aliphatic carbocycles. The molecule has 0 amide bonds. The van der Waals surface area contributed by atoms with E-state index in [0.717, 1.165) is 70.6 Å². The smallest absolute Gasteiger partial charge is 0.462 e. The van der Waals surface area contributed by atoms with E-state index >= 15 is 0 Å².